The highest BCUT2D eigenvalue weighted by atomic mass is 16.4. The standard InChI is InChI=1S/C10H18N2O3/c1-7(2)11-9(13)6-12-5-3-4-8(12)10(14)15/h7-8H,3-6H2,1-2H3,(H,11,13)(H,14,15). The Hall–Kier alpha value is -1.10. The first-order valence-electron chi connectivity index (χ1n) is 5.27. The third-order valence-electron chi connectivity index (χ3n) is 2.45. The quantitative estimate of drug-likeness (QED) is 0.694. The third kappa shape index (κ3) is 3.51. The van der Waals surface area contributed by atoms with Crippen LogP contribution < -0.4 is 5.32 Å². The van der Waals surface area contributed by atoms with Gasteiger partial charge in [-0.3, -0.25) is 14.5 Å². The van der Waals surface area contributed by atoms with Gasteiger partial charge in [0.1, 0.15) is 6.04 Å². The van der Waals surface area contributed by atoms with Gasteiger partial charge in [-0.2, -0.15) is 0 Å². The molecule has 5 heteroatoms. The molecular weight excluding hydrogens is 196 g/mol. The number of carboxylic acids is 1. The van der Waals surface area contributed by atoms with E-state index in [9.17, 15) is 9.59 Å². The van der Waals surface area contributed by atoms with Gasteiger partial charge in [-0.05, 0) is 33.2 Å². The van der Waals surface area contributed by atoms with Gasteiger partial charge in [0.15, 0.2) is 0 Å². The summed E-state index contributed by atoms with van der Waals surface area (Å²) in [6.07, 6.45) is 1.50. The minimum absolute atomic E-state index is 0.0989. The maximum absolute atomic E-state index is 11.4. The number of nitrogens with one attached hydrogen (secondary N) is 1. The van der Waals surface area contributed by atoms with Crippen LogP contribution in [0.5, 0.6) is 0 Å². The van der Waals surface area contributed by atoms with Crippen LogP contribution in [-0.2, 0) is 9.59 Å². The minimum atomic E-state index is -0.829. The van der Waals surface area contributed by atoms with E-state index >= 15 is 0 Å². The monoisotopic (exact) mass is 214 g/mol. The summed E-state index contributed by atoms with van der Waals surface area (Å²) in [6, 6.07) is -0.383. The number of rotatable bonds is 4. The number of hydrogen-bond acceptors (Lipinski definition) is 3. The zero-order valence-corrected chi connectivity index (χ0v) is 9.19. The highest BCUT2D eigenvalue weighted by Gasteiger charge is 2.31. The van der Waals surface area contributed by atoms with E-state index in [2.05, 4.69) is 5.32 Å². The summed E-state index contributed by atoms with van der Waals surface area (Å²) in [5, 5.41) is 11.7. The molecule has 1 fully saturated rings. The Labute approximate surface area is 89.4 Å². The van der Waals surface area contributed by atoms with Crippen molar-refractivity contribution < 1.29 is 14.7 Å². The van der Waals surface area contributed by atoms with Crippen molar-refractivity contribution in [3.05, 3.63) is 0 Å². The molecule has 1 atom stereocenters. The fraction of sp³-hybridized carbons (Fsp3) is 0.800. The van der Waals surface area contributed by atoms with E-state index in [4.69, 9.17) is 5.11 Å². The predicted octanol–water partition coefficient (Wildman–Crippen LogP) is 0.0600. The van der Waals surface area contributed by atoms with Crippen molar-refractivity contribution in [2.45, 2.75) is 38.8 Å². The second-order valence-electron chi connectivity index (χ2n) is 4.19. The minimum Gasteiger partial charge on any atom is -0.480 e. The van der Waals surface area contributed by atoms with Crippen molar-refractivity contribution in [1.29, 1.82) is 0 Å². The van der Waals surface area contributed by atoms with Gasteiger partial charge >= 0.3 is 5.97 Å². The molecule has 0 aromatic carbocycles. The van der Waals surface area contributed by atoms with Crippen LogP contribution >= 0.6 is 0 Å². The highest BCUT2D eigenvalue weighted by molar-refractivity contribution is 5.80. The lowest BCUT2D eigenvalue weighted by atomic mass is 10.2. The summed E-state index contributed by atoms with van der Waals surface area (Å²) >= 11 is 0. The number of aliphatic carboxylic acids is 1. The molecule has 1 aliphatic heterocycles. The lowest BCUT2D eigenvalue weighted by molar-refractivity contribution is -0.142. The van der Waals surface area contributed by atoms with E-state index in [0.29, 0.717) is 13.0 Å². The molecular formula is C10H18N2O3. The van der Waals surface area contributed by atoms with Crippen LogP contribution in [-0.4, -0.2) is 47.1 Å². The van der Waals surface area contributed by atoms with Crippen molar-refractivity contribution in [3.8, 4) is 0 Å². The smallest absolute Gasteiger partial charge is 0.320 e. The highest BCUT2D eigenvalue weighted by Crippen LogP contribution is 2.16. The van der Waals surface area contributed by atoms with E-state index in [-0.39, 0.29) is 18.5 Å². The number of likely N-dealkylation sites (tertiary alicyclic amines) is 1. The normalized spacial score (nSPS) is 21.9. The van der Waals surface area contributed by atoms with Crippen molar-refractivity contribution in [1.82, 2.24) is 10.2 Å². The Morgan fingerprint density at radius 2 is 2.20 bits per heavy atom. The molecule has 0 aliphatic carbocycles. The summed E-state index contributed by atoms with van der Waals surface area (Å²) in [7, 11) is 0. The summed E-state index contributed by atoms with van der Waals surface area (Å²) < 4.78 is 0. The van der Waals surface area contributed by atoms with Crippen LogP contribution in [0.2, 0.25) is 0 Å². The lowest BCUT2D eigenvalue weighted by Crippen LogP contribution is -2.44. The van der Waals surface area contributed by atoms with Gasteiger partial charge in [0.25, 0.3) is 0 Å². The number of amides is 1. The first kappa shape index (κ1) is 12.0. The fourth-order valence-corrected chi connectivity index (χ4v) is 1.85. The molecule has 1 saturated heterocycles. The molecule has 0 aromatic heterocycles. The molecule has 0 spiro atoms. The molecule has 1 rings (SSSR count). The number of carbonyl (C=O) groups is 2. The van der Waals surface area contributed by atoms with E-state index in [1.165, 1.54) is 0 Å². The molecule has 0 saturated carbocycles. The van der Waals surface area contributed by atoms with Crippen LogP contribution in [0.1, 0.15) is 26.7 Å². The average molecular weight is 214 g/mol. The maximum Gasteiger partial charge on any atom is 0.320 e. The number of carboxylic acid groups (broad SMARTS) is 1. The van der Waals surface area contributed by atoms with Crippen LogP contribution in [0.4, 0.5) is 0 Å². The van der Waals surface area contributed by atoms with Gasteiger partial charge in [-0.1, -0.05) is 0 Å². The van der Waals surface area contributed by atoms with Crippen LogP contribution in [0.15, 0.2) is 0 Å². The molecule has 2 N–H and O–H groups in total. The topological polar surface area (TPSA) is 69.6 Å². The van der Waals surface area contributed by atoms with Crippen LogP contribution in [0, 0.1) is 0 Å². The van der Waals surface area contributed by atoms with Crippen LogP contribution in [0.3, 0.4) is 0 Å². The summed E-state index contributed by atoms with van der Waals surface area (Å²) in [4.78, 5) is 24.0. The zero-order chi connectivity index (χ0) is 11.4. The van der Waals surface area contributed by atoms with Gasteiger partial charge in [0, 0.05) is 6.04 Å². The molecule has 15 heavy (non-hydrogen) atoms. The van der Waals surface area contributed by atoms with Gasteiger partial charge in [0.05, 0.1) is 6.54 Å². The van der Waals surface area contributed by atoms with Gasteiger partial charge in [-0.25, -0.2) is 0 Å². The van der Waals surface area contributed by atoms with E-state index in [1.54, 1.807) is 4.90 Å². The summed E-state index contributed by atoms with van der Waals surface area (Å²) in [6.45, 7) is 4.66. The molecule has 1 amide bonds. The largest absolute Gasteiger partial charge is 0.480 e. The van der Waals surface area contributed by atoms with E-state index in [1.807, 2.05) is 13.8 Å². The van der Waals surface area contributed by atoms with Crippen molar-refractivity contribution in [3.63, 3.8) is 0 Å². The third-order valence-corrected chi connectivity index (χ3v) is 2.45. The SMILES string of the molecule is CC(C)NC(=O)CN1CCCC1C(=O)O. The Morgan fingerprint density at radius 3 is 2.73 bits per heavy atom. The Kier molecular flexibility index (Phi) is 4.08. The first-order valence-corrected chi connectivity index (χ1v) is 5.27. The molecule has 1 aliphatic rings. The maximum atomic E-state index is 11.4. The number of hydrogen-bond donors (Lipinski definition) is 2. The Balaban J connectivity index is 2.43. The predicted molar refractivity (Wildman–Crippen MR) is 55.5 cm³/mol. The summed E-state index contributed by atoms with van der Waals surface area (Å²) in [5.41, 5.74) is 0. The molecule has 86 valence electrons. The second kappa shape index (κ2) is 5.11. The molecule has 0 aromatic rings. The zero-order valence-electron chi connectivity index (χ0n) is 9.19. The molecule has 1 unspecified atom stereocenters. The Morgan fingerprint density at radius 1 is 1.53 bits per heavy atom. The van der Waals surface area contributed by atoms with E-state index in [0.717, 1.165) is 6.42 Å². The Bertz CT molecular complexity index is 253. The van der Waals surface area contributed by atoms with Crippen molar-refractivity contribution in [2.24, 2.45) is 0 Å². The number of carbonyl (C=O) groups excluding carboxylic acids is 1. The fourth-order valence-electron chi connectivity index (χ4n) is 1.85. The second-order valence-corrected chi connectivity index (χ2v) is 4.19. The molecule has 5 nitrogen and oxygen atoms in total. The summed E-state index contributed by atoms with van der Waals surface area (Å²) in [5.74, 6) is -0.928. The van der Waals surface area contributed by atoms with Crippen molar-refractivity contribution >= 4 is 11.9 Å². The van der Waals surface area contributed by atoms with Gasteiger partial charge in [0.2, 0.25) is 5.91 Å². The van der Waals surface area contributed by atoms with Gasteiger partial charge in [-0.15, -0.1) is 0 Å². The first-order chi connectivity index (χ1) is 7.00. The van der Waals surface area contributed by atoms with Gasteiger partial charge < -0.3 is 10.4 Å². The molecule has 1 heterocycles. The lowest BCUT2D eigenvalue weighted by Gasteiger charge is -2.20. The van der Waals surface area contributed by atoms with E-state index < -0.39 is 12.0 Å². The molecule has 0 radical (unpaired) electrons. The number of nitrogens with zero attached hydrogens (tertiary/aromatic N) is 1. The van der Waals surface area contributed by atoms with Crippen molar-refractivity contribution in [2.75, 3.05) is 13.1 Å². The molecule has 0 bridgehead atoms. The average Bonchev–Trinajstić information content (AvgIpc) is 2.50. The van der Waals surface area contributed by atoms with Crippen LogP contribution in [0.25, 0.3) is 0 Å².